The zero-order valence-corrected chi connectivity index (χ0v) is 15.9. The number of aliphatic hydroxyl groups excluding tert-OH is 1. The molecule has 0 fully saturated rings. The lowest BCUT2D eigenvalue weighted by Gasteiger charge is -2.12. The van der Waals surface area contributed by atoms with Crippen LogP contribution in [-0.2, 0) is 0 Å². The van der Waals surface area contributed by atoms with Crippen molar-refractivity contribution in [1.29, 1.82) is 0 Å². The van der Waals surface area contributed by atoms with Gasteiger partial charge in [0.05, 0.1) is 0 Å². The molecule has 0 aromatic heterocycles. The summed E-state index contributed by atoms with van der Waals surface area (Å²) in [6.07, 6.45) is 0. The van der Waals surface area contributed by atoms with Gasteiger partial charge < -0.3 is 15.7 Å². The molecule has 0 aliphatic rings. The van der Waals surface area contributed by atoms with Gasteiger partial charge in [0, 0.05) is 36.9 Å². The molecular formula is C15H26IN3OS. The summed E-state index contributed by atoms with van der Waals surface area (Å²) in [5.74, 6) is 2.01. The van der Waals surface area contributed by atoms with E-state index < -0.39 is 0 Å². The summed E-state index contributed by atoms with van der Waals surface area (Å²) in [4.78, 5) is 5.74. The van der Waals surface area contributed by atoms with Gasteiger partial charge in [0.2, 0.25) is 0 Å². The van der Waals surface area contributed by atoms with Crippen LogP contribution in [0.4, 0.5) is 0 Å². The van der Waals surface area contributed by atoms with Gasteiger partial charge in [0.25, 0.3) is 0 Å². The number of guanidine groups is 1. The summed E-state index contributed by atoms with van der Waals surface area (Å²) in [5, 5.41) is 15.5. The van der Waals surface area contributed by atoms with Gasteiger partial charge in [-0.2, -0.15) is 0 Å². The van der Waals surface area contributed by atoms with E-state index in [0.29, 0.717) is 6.54 Å². The Morgan fingerprint density at radius 3 is 2.62 bits per heavy atom. The van der Waals surface area contributed by atoms with E-state index in [0.717, 1.165) is 24.8 Å². The maximum atomic E-state index is 9.00. The summed E-state index contributed by atoms with van der Waals surface area (Å²) in [5.41, 5.74) is 0. The maximum absolute atomic E-state index is 9.00. The van der Waals surface area contributed by atoms with Crippen LogP contribution in [-0.4, -0.2) is 43.1 Å². The van der Waals surface area contributed by atoms with E-state index in [4.69, 9.17) is 5.11 Å². The third-order valence-corrected chi connectivity index (χ3v) is 3.64. The summed E-state index contributed by atoms with van der Waals surface area (Å²) in [7, 11) is 0. The van der Waals surface area contributed by atoms with Crippen molar-refractivity contribution in [3.05, 3.63) is 30.3 Å². The van der Waals surface area contributed by atoms with Crippen molar-refractivity contribution in [3.8, 4) is 0 Å². The molecule has 0 amide bonds. The first kappa shape index (κ1) is 20.5. The van der Waals surface area contributed by atoms with Crippen molar-refractivity contribution >= 4 is 41.7 Å². The number of nitrogens with one attached hydrogen (secondary N) is 2. The van der Waals surface area contributed by atoms with Crippen LogP contribution in [0, 0.1) is 5.92 Å². The Kier molecular flexibility index (Phi) is 12.9. The number of hydrogen-bond acceptors (Lipinski definition) is 3. The van der Waals surface area contributed by atoms with Crippen LogP contribution in [0.25, 0.3) is 0 Å². The number of nitrogens with zero attached hydrogens (tertiary/aromatic N) is 1. The van der Waals surface area contributed by atoms with Gasteiger partial charge in [-0.1, -0.05) is 25.1 Å². The molecule has 1 aromatic rings. The standard InChI is InChI=1S/C15H25N3OS.HI/c1-3-16-15(18-11-13(2)12-19)17-9-10-20-14-7-5-4-6-8-14;/h4-8,13,19H,3,9-12H2,1-2H3,(H2,16,17,18);1H. The third kappa shape index (κ3) is 9.97. The number of aliphatic hydroxyl groups is 1. The molecule has 0 heterocycles. The van der Waals surface area contributed by atoms with E-state index in [1.54, 1.807) is 0 Å². The molecular weight excluding hydrogens is 397 g/mol. The molecule has 120 valence electrons. The molecule has 0 saturated heterocycles. The average Bonchev–Trinajstić information content (AvgIpc) is 2.49. The molecule has 1 aromatic carbocycles. The summed E-state index contributed by atoms with van der Waals surface area (Å²) in [6.45, 7) is 6.54. The molecule has 0 aliphatic carbocycles. The molecule has 21 heavy (non-hydrogen) atoms. The van der Waals surface area contributed by atoms with E-state index in [9.17, 15) is 0 Å². The Hall–Kier alpha value is -0.470. The Bertz CT molecular complexity index is 390. The fourth-order valence-corrected chi connectivity index (χ4v) is 2.29. The Labute approximate surface area is 149 Å². The first-order valence-corrected chi connectivity index (χ1v) is 8.05. The molecule has 1 unspecified atom stereocenters. The van der Waals surface area contributed by atoms with Crippen LogP contribution in [0.3, 0.4) is 0 Å². The SMILES string of the molecule is CCNC(=NCC(C)CO)NCCSc1ccccc1.I. The summed E-state index contributed by atoms with van der Waals surface area (Å²) in [6, 6.07) is 10.4. The highest BCUT2D eigenvalue weighted by molar-refractivity contribution is 14.0. The number of thioether (sulfide) groups is 1. The van der Waals surface area contributed by atoms with E-state index in [-0.39, 0.29) is 36.5 Å². The second kappa shape index (κ2) is 13.2. The van der Waals surface area contributed by atoms with Crippen molar-refractivity contribution in [3.63, 3.8) is 0 Å². The average molecular weight is 423 g/mol. The lowest BCUT2D eigenvalue weighted by Crippen LogP contribution is -2.38. The summed E-state index contributed by atoms with van der Waals surface area (Å²) < 4.78 is 0. The van der Waals surface area contributed by atoms with Gasteiger partial charge >= 0.3 is 0 Å². The van der Waals surface area contributed by atoms with E-state index in [1.807, 2.05) is 31.7 Å². The Morgan fingerprint density at radius 1 is 1.29 bits per heavy atom. The van der Waals surface area contributed by atoms with Crippen LogP contribution in [0.1, 0.15) is 13.8 Å². The van der Waals surface area contributed by atoms with Crippen LogP contribution >= 0.6 is 35.7 Å². The molecule has 1 atom stereocenters. The molecule has 0 bridgehead atoms. The summed E-state index contributed by atoms with van der Waals surface area (Å²) >= 11 is 1.82. The van der Waals surface area contributed by atoms with Gasteiger partial charge in [-0.25, -0.2) is 0 Å². The topological polar surface area (TPSA) is 56.7 Å². The van der Waals surface area contributed by atoms with Gasteiger partial charge in [-0.15, -0.1) is 35.7 Å². The van der Waals surface area contributed by atoms with Crippen molar-refractivity contribution in [2.75, 3.05) is 32.0 Å². The first-order valence-electron chi connectivity index (χ1n) is 7.07. The molecule has 3 N–H and O–H groups in total. The van der Waals surface area contributed by atoms with Gasteiger partial charge in [0.15, 0.2) is 5.96 Å². The highest BCUT2D eigenvalue weighted by atomic mass is 127. The monoisotopic (exact) mass is 423 g/mol. The van der Waals surface area contributed by atoms with Gasteiger partial charge in [-0.3, -0.25) is 4.99 Å². The maximum Gasteiger partial charge on any atom is 0.191 e. The Balaban J connectivity index is 0.00000400. The second-order valence-electron chi connectivity index (χ2n) is 4.60. The number of aliphatic imine (C=N–C) groups is 1. The second-order valence-corrected chi connectivity index (χ2v) is 5.76. The van der Waals surface area contributed by atoms with Crippen molar-refractivity contribution < 1.29 is 5.11 Å². The van der Waals surface area contributed by atoms with Crippen molar-refractivity contribution in [1.82, 2.24) is 10.6 Å². The Morgan fingerprint density at radius 2 is 2.00 bits per heavy atom. The largest absolute Gasteiger partial charge is 0.396 e. The number of hydrogen-bond donors (Lipinski definition) is 3. The zero-order chi connectivity index (χ0) is 14.6. The number of benzene rings is 1. The third-order valence-electron chi connectivity index (χ3n) is 2.62. The fourth-order valence-electron chi connectivity index (χ4n) is 1.50. The number of rotatable bonds is 8. The van der Waals surface area contributed by atoms with Crippen molar-refractivity contribution in [2.45, 2.75) is 18.7 Å². The van der Waals surface area contributed by atoms with Crippen LogP contribution in [0.5, 0.6) is 0 Å². The van der Waals surface area contributed by atoms with E-state index >= 15 is 0 Å². The number of halogens is 1. The van der Waals surface area contributed by atoms with E-state index in [1.165, 1.54) is 4.90 Å². The lowest BCUT2D eigenvalue weighted by molar-refractivity contribution is 0.241. The molecule has 0 saturated carbocycles. The van der Waals surface area contributed by atoms with Gasteiger partial charge in [0.1, 0.15) is 0 Å². The van der Waals surface area contributed by atoms with E-state index in [2.05, 4.69) is 39.9 Å². The molecule has 0 spiro atoms. The molecule has 0 aliphatic heterocycles. The molecule has 4 nitrogen and oxygen atoms in total. The van der Waals surface area contributed by atoms with Gasteiger partial charge in [-0.05, 0) is 25.0 Å². The smallest absolute Gasteiger partial charge is 0.191 e. The minimum Gasteiger partial charge on any atom is -0.396 e. The van der Waals surface area contributed by atoms with Crippen molar-refractivity contribution in [2.24, 2.45) is 10.9 Å². The minimum atomic E-state index is 0. The first-order chi connectivity index (χ1) is 9.76. The predicted octanol–water partition coefficient (Wildman–Crippen LogP) is 2.58. The minimum absolute atomic E-state index is 0. The highest BCUT2D eigenvalue weighted by Crippen LogP contribution is 2.15. The fraction of sp³-hybridized carbons (Fsp3) is 0.533. The highest BCUT2D eigenvalue weighted by Gasteiger charge is 2.01. The molecule has 6 heteroatoms. The quantitative estimate of drug-likeness (QED) is 0.198. The molecule has 0 radical (unpaired) electrons. The lowest BCUT2D eigenvalue weighted by atomic mass is 10.2. The van der Waals surface area contributed by atoms with Crippen LogP contribution in [0.15, 0.2) is 40.2 Å². The normalized spacial score (nSPS) is 12.4. The predicted molar refractivity (Wildman–Crippen MR) is 103 cm³/mol. The molecule has 1 rings (SSSR count). The van der Waals surface area contributed by atoms with Crippen LogP contribution < -0.4 is 10.6 Å². The zero-order valence-electron chi connectivity index (χ0n) is 12.7. The van der Waals surface area contributed by atoms with Crippen LogP contribution in [0.2, 0.25) is 0 Å².